The fourth-order valence-corrected chi connectivity index (χ4v) is 2.18. The number of nitrogens with one attached hydrogen (secondary N) is 2. The summed E-state index contributed by atoms with van der Waals surface area (Å²) in [5.41, 5.74) is 1.15. The Labute approximate surface area is 181 Å². The molecule has 2 N–H and O–H groups in total. The van der Waals surface area contributed by atoms with E-state index < -0.39 is 0 Å². The standard InChI is InChI=1S/C20H35N3O3.HI/c1-17(2)10-14-25-15-12-23-20(21-3)22-11-5-13-26-16-18-6-8-19(24-4)9-7-18;/h6-9,17H,5,10-16H2,1-4H3,(H2,21,22,23);1H. The van der Waals surface area contributed by atoms with Crippen LogP contribution in [0, 0.1) is 5.92 Å². The summed E-state index contributed by atoms with van der Waals surface area (Å²) in [6.45, 7) is 8.80. The third-order valence-corrected chi connectivity index (χ3v) is 3.79. The van der Waals surface area contributed by atoms with E-state index in [-0.39, 0.29) is 24.0 Å². The van der Waals surface area contributed by atoms with Crippen LogP contribution >= 0.6 is 24.0 Å². The van der Waals surface area contributed by atoms with Gasteiger partial charge in [-0.25, -0.2) is 0 Å². The van der Waals surface area contributed by atoms with E-state index in [4.69, 9.17) is 14.2 Å². The number of hydrogen-bond donors (Lipinski definition) is 2. The minimum atomic E-state index is 0. The van der Waals surface area contributed by atoms with Gasteiger partial charge in [-0.05, 0) is 36.5 Å². The molecule has 0 aliphatic rings. The molecule has 0 saturated heterocycles. The van der Waals surface area contributed by atoms with E-state index in [1.807, 2.05) is 24.3 Å². The Balaban J connectivity index is 0.00000676. The molecule has 0 amide bonds. The Bertz CT molecular complexity index is 496. The molecule has 156 valence electrons. The first-order valence-electron chi connectivity index (χ1n) is 9.38. The highest BCUT2D eigenvalue weighted by atomic mass is 127. The molecule has 0 heterocycles. The topological polar surface area (TPSA) is 64.1 Å². The van der Waals surface area contributed by atoms with Gasteiger partial charge in [0.1, 0.15) is 5.75 Å². The number of aliphatic imine (C=N–C) groups is 1. The molecule has 27 heavy (non-hydrogen) atoms. The van der Waals surface area contributed by atoms with Crippen LogP contribution in [0.15, 0.2) is 29.3 Å². The first-order chi connectivity index (χ1) is 12.7. The Morgan fingerprint density at radius 3 is 2.33 bits per heavy atom. The summed E-state index contributed by atoms with van der Waals surface area (Å²) < 4.78 is 16.4. The van der Waals surface area contributed by atoms with Gasteiger partial charge in [0, 0.05) is 33.4 Å². The van der Waals surface area contributed by atoms with Crippen molar-refractivity contribution in [3.63, 3.8) is 0 Å². The molecule has 0 atom stereocenters. The van der Waals surface area contributed by atoms with Crippen LogP contribution in [0.2, 0.25) is 0 Å². The SMILES string of the molecule is CN=C(NCCCOCc1ccc(OC)cc1)NCCOCCC(C)C.I. The Hall–Kier alpha value is -1.06. The van der Waals surface area contributed by atoms with Crippen molar-refractivity contribution in [1.82, 2.24) is 10.6 Å². The molecular weight excluding hydrogens is 457 g/mol. The van der Waals surface area contributed by atoms with Crippen LogP contribution in [0.1, 0.15) is 32.3 Å². The lowest BCUT2D eigenvalue weighted by Crippen LogP contribution is -2.39. The summed E-state index contributed by atoms with van der Waals surface area (Å²) in [7, 11) is 3.44. The Morgan fingerprint density at radius 2 is 1.70 bits per heavy atom. The number of hydrogen-bond acceptors (Lipinski definition) is 4. The highest BCUT2D eigenvalue weighted by molar-refractivity contribution is 14.0. The fourth-order valence-electron chi connectivity index (χ4n) is 2.18. The van der Waals surface area contributed by atoms with Crippen LogP contribution in [-0.2, 0) is 16.1 Å². The average molecular weight is 493 g/mol. The van der Waals surface area contributed by atoms with E-state index in [0.717, 1.165) is 49.8 Å². The third kappa shape index (κ3) is 13.7. The molecule has 0 aliphatic heterocycles. The summed E-state index contributed by atoms with van der Waals surface area (Å²) >= 11 is 0. The van der Waals surface area contributed by atoms with Crippen molar-refractivity contribution in [3.8, 4) is 5.75 Å². The van der Waals surface area contributed by atoms with Crippen LogP contribution in [0.4, 0.5) is 0 Å². The summed E-state index contributed by atoms with van der Waals surface area (Å²) in [5.74, 6) is 2.35. The van der Waals surface area contributed by atoms with Gasteiger partial charge >= 0.3 is 0 Å². The molecule has 1 rings (SSSR count). The number of guanidine groups is 1. The zero-order chi connectivity index (χ0) is 19.0. The summed E-state index contributed by atoms with van der Waals surface area (Å²) in [4.78, 5) is 4.20. The van der Waals surface area contributed by atoms with E-state index >= 15 is 0 Å². The molecule has 0 fully saturated rings. The Kier molecular flexibility index (Phi) is 16.4. The van der Waals surface area contributed by atoms with E-state index in [0.29, 0.717) is 25.7 Å². The molecule has 7 heteroatoms. The summed E-state index contributed by atoms with van der Waals surface area (Å²) in [6, 6.07) is 7.93. The summed E-state index contributed by atoms with van der Waals surface area (Å²) in [5, 5.41) is 6.53. The van der Waals surface area contributed by atoms with Crippen molar-refractivity contribution >= 4 is 29.9 Å². The predicted molar refractivity (Wildman–Crippen MR) is 122 cm³/mol. The average Bonchev–Trinajstić information content (AvgIpc) is 2.65. The van der Waals surface area contributed by atoms with Gasteiger partial charge in [-0.2, -0.15) is 0 Å². The molecule has 6 nitrogen and oxygen atoms in total. The van der Waals surface area contributed by atoms with Gasteiger partial charge in [0.25, 0.3) is 0 Å². The smallest absolute Gasteiger partial charge is 0.191 e. The molecular formula is C20H36IN3O3. The number of benzene rings is 1. The second-order valence-electron chi connectivity index (χ2n) is 6.47. The van der Waals surface area contributed by atoms with Crippen molar-refractivity contribution < 1.29 is 14.2 Å². The second kappa shape index (κ2) is 17.1. The lowest BCUT2D eigenvalue weighted by atomic mass is 10.1. The van der Waals surface area contributed by atoms with Crippen molar-refractivity contribution in [2.24, 2.45) is 10.9 Å². The highest BCUT2D eigenvalue weighted by Crippen LogP contribution is 2.11. The van der Waals surface area contributed by atoms with Gasteiger partial charge in [0.2, 0.25) is 0 Å². The number of rotatable bonds is 13. The molecule has 0 aliphatic carbocycles. The first kappa shape index (κ1) is 25.9. The largest absolute Gasteiger partial charge is 0.497 e. The van der Waals surface area contributed by atoms with Gasteiger partial charge in [-0.1, -0.05) is 26.0 Å². The van der Waals surface area contributed by atoms with Crippen molar-refractivity contribution in [1.29, 1.82) is 0 Å². The van der Waals surface area contributed by atoms with Gasteiger partial charge in [0.15, 0.2) is 5.96 Å². The number of ether oxygens (including phenoxy) is 3. The maximum Gasteiger partial charge on any atom is 0.191 e. The van der Waals surface area contributed by atoms with Crippen LogP contribution < -0.4 is 15.4 Å². The lowest BCUT2D eigenvalue weighted by Gasteiger charge is -2.12. The second-order valence-corrected chi connectivity index (χ2v) is 6.47. The first-order valence-corrected chi connectivity index (χ1v) is 9.38. The minimum absolute atomic E-state index is 0. The van der Waals surface area contributed by atoms with Gasteiger partial charge in [-0.3, -0.25) is 4.99 Å². The molecule has 1 aromatic rings. The molecule has 1 aromatic carbocycles. The van der Waals surface area contributed by atoms with Crippen LogP contribution in [0.3, 0.4) is 0 Å². The molecule has 0 unspecified atom stereocenters. The normalized spacial score (nSPS) is 11.2. The van der Waals surface area contributed by atoms with Crippen molar-refractivity contribution in [2.45, 2.75) is 33.3 Å². The maximum atomic E-state index is 5.69. The monoisotopic (exact) mass is 493 g/mol. The molecule has 0 bridgehead atoms. The highest BCUT2D eigenvalue weighted by Gasteiger charge is 1.99. The minimum Gasteiger partial charge on any atom is -0.497 e. The van der Waals surface area contributed by atoms with Crippen molar-refractivity contribution in [2.75, 3.05) is 47.1 Å². The zero-order valence-electron chi connectivity index (χ0n) is 17.1. The lowest BCUT2D eigenvalue weighted by molar-refractivity contribution is 0.119. The molecule has 0 spiro atoms. The van der Waals surface area contributed by atoms with Gasteiger partial charge < -0.3 is 24.8 Å². The third-order valence-electron chi connectivity index (χ3n) is 3.79. The van der Waals surface area contributed by atoms with Crippen LogP contribution in [0.25, 0.3) is 0 Å². The van der Waals surface area contributed by atoms with E-state index in [9.17, 15) is 0 Å². The fraction of sp³-hybridized carbons (Fsp3) is 0.650. The number of halogens is 1. The maximum absolute atomic E-state index is 5.69. The van der Waals surface area contributed by atoms with Gasteiger partial charge in [-0.15, -0.1) is 24.0 Å². The molecule has 0 saturated carbocycles. The van der Waals surface area contributed by atoms with Crippen molar-refractivity contribution in [3.05, 3.63) is 29.8 Å². The quantitative estimate of drug-likeness (QED) is 0.191. The Morgan fingerprint density at radius 1 is 1.00 bits per heavy atom. The van der Waals surface area contributed by atoms with E-state index in [1.165, 1.54) is 0 Å². The van der Waals surface area contributed by atoms with Crippen LogP contribution in [-0.4, -0.2) is 53.0 Å². The zero-order valence-corrected chi connectivity index (χ0v) is 19.5. The predicted octanol–water partition coefficient (Wildman–Crippen LogP) is 3.45. The van der Waals surface area contributed by atoms with Gasteiger partial charge in [0.05, 0.1) is 20.3 Å². The van der Waals surface area contributed by atoms with E-state index in [2.05, 4.69) is 29.5 Å². The van der Waals surface area contributed by atoms with E-state index in [1.54, 1.807) is 14.2 Å². The number of nitrogens with zero attached hydrogens (tertiary/aromatic N) is 1. The number of methoxy groups -OCH3 is 1. The molecule has 0 radical (unpaired) electrons. The molecule has 0 aromatic heterocycles. The van der Waals surface area contributed by atoms with Crippen LogP contribution in [0.5, 0.6) is 5.75 Å². The summed E-state index contributed by atoms with van der Waals surface area (Å²) in [6.07, 6.45) is 2.02.